The molecule has 0 aromatic heterocycles. The highest BCUT2D eigenvalue weighted by Crippen LogP contribution is 2.07. The molecule has 0 rings (SSSR count). The lowest BCUT2D eigenvalue weighted by Gasteiger charge is -2.13. The molecular formula is C10H23NO2. The van der Waals surface area contributed by atoms with Crippen LogP contribution >= 0.6 is 0 Å². The SMILES string of the molecule is CCCC(CCCNCCO)OC. The number of hydrogen-bond acceptors (Lipinski definition) is 3. The van der Waals surface area contributed by atoms with Crippen molar-refractivity contribution < 1.29 is 9.84 Å². The van der Waals surface area contributed by atoms with Crippen LogP contribution in [0, 0.1) is 0 Å². The van der Waals surface area contributed by atoms with Crippen molar-refractivity contribution in [1.82, 2.24) is 5.32 Å². The van der Waals surface area contributed by atoms with Crippen molar-refractivity contribution in [1.29, 1.82) is 0 Å². The summed E-state index contributed by atoms with van der Waals surface area (Å²) >= 11 is 0. The average molecular weight is 189 g/mol. The number of ether oxygens (including phenoxy) is 1. The van der Waals surface area contributed by atoms with Gasteiger partial charge in [-0.05, 0) is 25.8 Å². The van der Waals surface area contributed by atoms with E-state index in [1.807, 2.05) is 0 Å². The largest absolute Gasteiger partial charge is 0.395 e. The zero-order valence-electron chi connectivity index (χ0n) is 8.88. The van der Waals surface area contributed by atoms with Gasteiger partial charge in [-0.2, -0.15) is 0 Å². The van der Waals surface area contributed by atoms with E-state index in [1.165, 1.54) is 6.42 Å². The van der Waals surface area contributed by atoms with Crippen molar-refractivity contribution in [3.8, 4) is 0 Å². The molecule has 1 atom stereocenters. The summed E-state index contributed by atoms with van der Waals surface area (Å²) in [5.41, 5.74) is 0. The Hall–Kier alpha value is -0.120. The second-order valence-corrected chi connectivity index (χ2v) is 3.26. The second kappa shape index (κ2) is 9.96. The van der Waals surface area contributed by atoms with Crippen LogP contribution in [-0.4, -0.2) is 38.0 Å². The van der Waals surface area contributed by atoms with Gasteiger partial charge in [-0.25, -0.2) is 0 Å². The molecule has 3 nitrogen and oxygen atoms in total. The van der Waals surface area contributed by atoms with Gasteiger partial charge in [0.2, 0.25) is 0 Å². The van der Waals surface area contributed by atoms with Gasteiger partial charge in [-0.1, -0.05) is 13.3 Å². The quantitative estimate of drug-likeness (QED) is 0.535. The Kier molecular flexibility index (Phi) is 9.87. The zero-order valence-corrected chi connectivity index (χ0v) is 8.88. The summed E-state index contributed by atoms with van der Waals surface area (Å²) in [4.78, 5) is 0. The second-order valence-electron chi connectivity index (χ2n) is 3.26. The molecular weight excluding hydrogens is 166 g/mol. The van der Waals surface area contributed by atoms with E-state index in [-0.39, 0.29) is 6.61 Å². The third kappa shape index (κ3) is 8.22. The summed E-state index contributed by atoms with van der Waals surface area (Å²) in [5, 5.41) is 11.7. The Morgan fingerprint density at radius 2 is 2.08 bits per heavy atom. The first kappa shape index (κ1) is 12.9. The minimum atomic E-state index is 0.225. The molecule has 2 N–H and O–H groups in total. The van der Waals surface area contributed by atoms with E-state index in [1.54, 1.807) is 7.11 Å². The van der Waals surface area contributed by atoms with Gasteiger partial charge in [0.25, 0.3) is 0 Å². The molecule has 0 fully saturated rings. The molecule has 0 bridgehead atoms. The summed E-state index contributed by atoms with van der Waals surface area (Å²) in [6.07, 6.45) is 4.99. The van der Waals surface area contributed by atoms with Crippen LogP contribution in [0.1, 0.15) is 32.6 Å². The van der Waals surface area contributed by atoms with Gasteiger partial charge in [0.1, 0.15) is 0 Å². The number of aliphatic hydroxyl groups is 1. The first-order chi connectivity index (χ1) is 6.35. The Balaban J connectivity index is 3.17. The molecule has 0 amide bonds. The lowest BCUT2D eigenvalue weighted by atomic mass is 10.1. The van der Waals surface area contributed by atoms with E-state index in [0.717, 1.165) is 25.8 Å². The van der Waals surface area contributed by atoms with Crippen LogP contribution < -0.4 is 5.32 Å². The summed E-state index contributed by atoms with van der Waals surface area (Å²) in [6.45, 7) is 4.08. The first-order valence-corrected chi connectivity index (χ1v) is 5.19. The molecule has 0 aliphatic carbocycles. The fourth-order valence-electron chi connectivity index (χ4n) is 1.36. The summed E-state index contributed by atoms with van der Waals surface area (Å²) < 4.78 is 5.32. The van der Waals surface area contributed by atoms with Crippen molar-refractivity contribution in [3.63, 3.8) is 0 Å². The number of methoxy groups -OCH3 is 1. The fraction of sp³-hybridized carbons (Fsp3) is 1.00. The third-order valence-electron chi connectivity index (χ3n) is 2.11. The number of aliphatic hydroxyl groups excluding tert-OH is 1. The zero-order chi connectivity index (χ0) is 9.94. The van der Waals surface area contributed by atoms with Crippen molar-refractivity contribution >= 4 is 0 Å². The number of rotatable bonds is 9. The minimum absolute atomic E-state index is 0.225. The molecule has 0 aromatic carbocycles. The molecule has 0 aliphatic heterocycles. The van der Waals surface area contributed by atoms with Crippen LogP contribution in [-0.2, 0) is 4.74 Å². The van der Waals surface area contributed by atoms with Crippen LogP contribution in [0.5, 0.6) is 0 Å². The summed E-state index contributed by atoms with van der Waals surface area (Å²) in [7, 11) is 1.78. The van der Waals surface area contributed by atoms with E-state index in [4.69, 9.17) is 9.84 Å². The molecule has 3 heteroatoms. The number of hydrogen-bond donors (Lipinski definition) is 2. The van der Waals surface area contributed by atoms with Crippen LogP contribution in [0.3, 0.4) is 0 Å². The fourth-order valence-corrected chi connectivity index (χ4v) is 1.36. The Bertz CT molecular complexity index is 98.9. The van der Waals surface area contributed by atoms with Gasteiger partial charge >= 0.3 is 0 Å². The highest BCUT2D eigenvalue weighted by molar-refractivity contribution is 4.58. The van der Waals surface area contributed by atoms with Gasteiger partial charge in [-0.3, -0.25) is 0 Å². The van der Waals surface area contributed by atoms with Gasteiger partial charge in [0.15, 0.2) is 0 Å². The molecule has 1 unspecified atom stereocenters. The lowest BCUT2D eigenvalue weighted by molar-refractivity contribution is 0.0855. The predicted molar refractivity (Wildman–Crippen MR) is 54.9 cm³/mol. The molecule has 13 heavy (non-hydrogen) atoms. The smallest absolute Gasteiger partial charge is 0.0571 e. The van der Waals surface area contributed by atoms with Crippen LogP contribution in [0.2, 0.25) is 0 Å². The normalized spacial score (nSPS) is 13.2. The Labute approximate surface area is 81.5 Å². The monoisotopic (exact) mass is 189 g/mol. The highest BCUT2D eigenvalue weighted by atomic mass is 16.5. The molecule has 0 aromatic rings. The topological polar surface area (TPSA) is 41.5 Å². The molecule has 80 valence electrons. The van der Waals surface area contributed by atoms with Crippen LogP contribution in [0.25, 0.3) is 0 Å². The van der Waals surface area contributed by atoms with Crippen molar-refractivity contribution in [2.45, 2.75) is 38.7 Å². The van der Waals surface area contributed by atoms with Crippen molar-refractivity contribution in [3.05, 3.63) is 0 Å². The summed E-state index contributed by atoms with van der Waals surface area (Å²) in [6, 6.07) is 0. The van der Waals surface area contributed by atoms with Crippen LogP contribution in [0.4, 0.5) is 0 Å². The maximum absolute atomic E-state index is 8.52. The van der Waals surface area contributed by atoms with Crippen LogP contribution in [0.15, 0.2) is 0 Å². The van der Waals surface area contributed by atoms with E-state index in [9.17, 15) is 0 Å². The van der Waals surface area contributed by atoms with Crippen molar-refractivity contribution in [2.75, 3.05) is 26.8 Å². The molecule has 0 saturated carbocycles. The lowest BCUT2D eigenvalue weighted by Crippen LogP contribution is -2.21. The predicted octanol–water partition coefficient (Wildman–Crippen LogP) is 1.16. The summed E-state index contributed by atoms with van der Waals surface area (Å²) in [5.74, 6) is 0. The first-order valence-electron chi connectivity index (χ1n) is 5.19. The maximum Gasteiger partial charge on any atom is 0.0571 e. The van der Waals surface area contributed by atoms with E-state index in [2.05, 4.69) is 12.2 Å². The number of nitrogens with one attached hydrogen (secondary N) is 1. The molecule has 0 spiro atoms. The highest BCUT2D eigenvalue weighted by Gasteiger charge is 2.04. The average Bonchev–Trinajstić information content (AvgIpc) is 2.16. The third-order valence-corrected chi connectivity index (χ3v) is 2.11. The molecule has 0 radical (unpaired) electrons. The standard InChI is InChI=1S/C10H23NO2/c1-3-5-10(13-2)6-4-7-11-8-9-12/h10-12H,3-9H2,1-2H3. The van der Waals surface area contributed by atoms with Gasteiger partial charge in [-0.15, -0.1) is 0 Å². The molecule has 0 heterocycles. The Morgan fingerprint density at radius 3 is 2.62 bits per heavy atom. The van der Waals surface area contributed by atoms with E-state index < -0.39 is 0 Å². The molecule has 0 aliphatic rings. The maximum atomic E-state index is 8.52. The van der Waals surface area contributed by atoms with Gasteiger partial charge in [0.05, 0.1) is 12.7 Å². The Morgan fingerprint density at radius 1 is 1.31 bits per heavy atom. The minimum Gasteiger partial charge on any atom is -0.395 e. The molecule has 0 saturated heterocycles. The van der Waals surface area contributed by atoms with E-state index >= 15 is 0 Å². The van der Waals surface area contributed by atoms with Gasteiger partial charge in [0, 0.05) is 13.7 Å². The van der Waals surface area contributed by atoms with E-state index in [0.29, 0.717) is 12.6 Å². The van der Waals surface area contributed by atoms with Gasteiger partial charge < -0.3 is 15.2 Å². The van der Waals surface area contributed by atoms with Crippen molar-refractivity contribution in [2.24, 2.45) is 0 Å².